The summed E-state index contributed by atoms with van der Waals surface area (Å²) in [5.74, 6) is 0.632. The van der Waals surface area contributed by atoms with Crippen LogP contribution in [0.2, 0.25) is 0 Å². The van der Waals surface area contributed by atoms with Crippen LogP contribution in [0.4, 0.5) is 4.79 Å². The first kappa shape index (κ1) is 13.7. The second-order valence-corrected chi connectivity index (χ2v) is 5.53. The van der Waals surface area contributed by atoms with Crippen LogP contribution >= 0.6 is 0 Å². The molecule has 1 aromatic heterocycles. The van der Waals surface area contributed by atoms with Crippen molar-refractivity contribution in [2.75, 3.05) is 7.11 Å². The molecule has 19 heavy (non-hydrogen) atoms. The number of aromatic nitrogens is 2. The van der Waals surface area contributed by atoms with Crippen LogP contribution in [0, 0.1) is 0 Å². The van der Waals surface area contributed by atoms with Crippen molar-refractivity contribution in [3.63, 3.8) is 0 Å². The van der Waals surface area contributed by atoms with Crippen LogP contribution in [0.15, 0.2) is 6.20 Å². The lowest BCUT2D eigenvalue weighted by molar-refractivity contribution is 0.0240. The molecule has 1 aliphatic heterocycles. The Morgan fingerprint density at radius 2 is 2.16 bits per heavy atom. The largest absolute Gasteiger partial charge is 0.444 e. The van der Waals surface area contributed by atoms with Crippen LogP contribution < -0.4 is 0 Å². The third-order valence-corrected chi connectivity index (χ3v) is 2.63. The first-order valence-corrected chi connectivity index (χ1v) is 6.19. The topological polar surface area (TPSA) is 64.6 Å². The molecule has 2 rings (SSSR count). The summed E-state index contributed by atoms with van der Waals surface area (Å²) < 4.78 is 10.3. The number of hydrogen-bond donors (Lipinski definition) is 0. The number of fused-ring (bicyclic) bond motifs is 1. The molecule has 1 aromatic rings. The van der Waals surface area contributed by atoms with Crippen LogP contribution in [-0.4, -0.2) is 33.7 Å². The second-order valence-electron chi connectivity index (χ2n) is 5.53. The van der Waals surface area contributed by atoms with Crippen LogP contribution in [0.5, 0.6) is 0 Å². The highest BCUT2D eigenvalue weighted by Crippen LogP contribution is 2.22. The maximum Gasteiger partial charge on any atom is 0.410 e. The number of nitrogens with zero attached hydrogens (tertiary/aromatic N) is 3. The van der Waals surface area contributed by atoms with Crippen molar-refractivity contribution in [2.45, 2.75) is 46.1 Å². The van der Waals surface area contributed by atoms with Gasteiger partial charge in [0.15, 0.2) is 5.82 Å². The SMILES string of the molecule is COCc1ncc2c(n1)CN(C(=O)OC(C)(C)C)C2. The highest BCUT2D eigenvalue weighted by molar-refractivity contribution is 5.69. The van der Waals surface area contributed by atoms with Crippen molar-refractivity contribution in [3.8, 4) is 0 Å². The number of ether oxygens (including phenoxy) is 2. The first-order valence-electron chi connectivity index (χ1n) is 6.19. The van der Waals surface area contributed by atoms with Crippen molar-refractivity contribution >= 4 is 6.09 Å². The number of hydrogen-bond acceptors (Lipinski definition) is 5. The fourth-order valence-electron chi connectivity index (χ4n) is 1.85. The number of carbonyl (C=O) groups excluding carboxylic acids is 1. The van der Waals surface area contributed by atoms with Gasteiger partial charge in [0.1, 0.15) is 12.2 Å². The molecule has 0 atom stereocenters. The minimum Gasteiger partial charge on any atom is -0.444 e. The Bertz CT molecular complexity index is 483. The zero-order valence-corrected chi connectivity index (χ0v) is 11.8. The highest BCUT2D eigenvalue weighted by atomic mass is 16.6. The van der Waals surface area contributed by atoms with Crippen molar-refractivity contribution in [3.05, 3.63) is 23.3 Å². The third-order valence-electron chi connectivity index (χ3n) is 2.63. The van der Waals surface area contributed by atoms with Gasteiger partial charge in [0.2, 0.25) is 0 Å². The van der Waals surface area contributed by atoms with E-state index in [-0.39, 0.29) is 6.09 Å². The molecule has 0 unspecified atom stereocenters. The highest BCUT2D eigenvalue weighted by Gasteiger charge is 2.28. The predicted molar refractivity (Wildman–Crippen MR) is 68.2 cm³/mol. The molecule has 0 saturated carbocycles. The van der Waals surface area contributed by atoms with Gasteiger partial charge in [-0.1, -0.05) is 0 Å². The molecule has 1 aliphatic rings. The number of amides is 1. The first-order chi connectivity index (χ1) is 8.89. The van der Waals surface area contributed by atoms with E-state index in [1.54, 1.807) is 18.2 Å². The lowest BCUT2D eigenvalue weighted by Gasteiger charge is -2.23. The van der Waals surface area contributed by atoms with E-state index in [9.17, 15) is 4.79 Å². The molecule has 0 fully saturated rings. The number of rotatable bonds is 2. The van der Waals surface area contributed by atoms with E-state index in [1.165, 1.54) is 0 Å². The summed E-state index contributed by atoms with van der Waals surface area (Å²) in [7, 11) is 1.60. The summed E-state index contributed by atoms with van der Waals surface area (Å²) in [6.07, 6.45) is 1.43. The van der Waals surface area contributed by atoms with E-state index >= 15 is 0 Å². The Morgan fingerprint density at radius 1 is 1.42 bits per heavy atom. The number of carbonyl (C=O) groups is 1. The monoisotopic (exact) mass is 265 g/mol. The van der Waals surface area contributed by atoms with E-state index in [0.717, 1.165) is 11.3 Å². The summed E-state index contributed by atoms with van der Waals surface area (Å²) in [6.45, 7) is 6.89. The number of methoxy groups -OCH3 is 1. The van der Waals surface area contributed by atoms with Crippen molar-refractivity contribution in [2.24, 2.45) is 0 Å². The van der Waals surface area contributed by atoms with Crippen LogP contribution in [0.1, 0.15) is 37.9 Å². The van der Waals surface area contributed by atoms with Crippen molar-refractivity contribution < 1.29 is 14.3 Å². The van der Waals surface area contributed by atoms with E-state index < -0.39 is 5.60 Å². The van der Waals surface area contributed by atoms with E-state index in [2.05, 4.69) is 9.97 Å². The van der Waals surface area contributed by atoms with E-state index in [0.29, 0.717) is 25.5 Å². The average Bonchev–Trinajstić information content (AvgIpc) is 2.70. The van der Waals surface area contributed by atoms with Crippen molar-refractivity contribution in [1.82, 2.24) is 14.9 Å². The Morgan fingerprint density at radius 3 is 2.79 bits per heavy atom. The van der Waals surface area contributed by atoms with Crippen LogP contribution in [0.25, 0.3) is 0 Å². The Balaban J connectivity index is 2.05. The molecule has 0 spiro atoms. The van der Waals surface area contributed by atoms with Gasteiger partial charge in [-0.05, 0) is 20.8 Å². The molecule has 104 valence electrons. The fraction of sp³-hybridized carbons (Fsp3) is 0.615. The van der Waals surface area contributed by atoms with Gasteiger partial charge < -0.3 is 9.47 Å². The van der Waals surface area contributed by atoms with E-state index in [4.69, 9.17) is 9.47 Å². The zero-order valence-electron chi connectivity index (χ0n) is 11.8. The second kappa shape index (κ2) is 5.13. The van der Waals surface area contributed by atoms with Gasteiger partial charge in [0.25, 0.3) is 0 Å². The Hall–Kier alpha value is -1.69. The molecule has 6 heteroatoms. The van der Waals surface area contributed by atoms with Gasteiger partial charge in [-0.3, -0.25) is 4.90 Å². The Labute approximate surface area is 112 Å². The summed E-state index contributed by atoms with van der Waals surface area (Å²) in [4.78, 5) is 22.2. The molecule has 0 aliphatic carbocycles. The lowest BCUT2D eigenvalue weighted by Crippen LogP contribution is -2.33. The van der Waals surface area contributed by atoms with Gasteiger partial charge >= 0.3 is 6.09 Å². The maximum absolute atomic E-state index is 12.0. The molecule has 0 saturated heterocycles. The minimum atomic E-state index is -0.487. The van der Waals surface area contributed by atoms with E-state index in [1.807, 2.05) is 20.8 Å². The van der Waals surface area contributed by atoms with Crippen LogP contribution in [-0.2, 0) is 29.2 Å². The molecular weight excluding hydrogens is 246 g/mol. The molecule has 6 nitrogen and oxygen atoms in total. The molecule has 1 amide bonds. The van der Waals surface area contributed by atoms with Gasteiger partial charge in [-0.2, -0.15) is 0 Å². The quantitative estimate of drug-likeness (QED) is 0.816. The van der Waals surface area contributed by atoms with Crippen LogP contribution in [0.3, 0.4) is 0 Å². The summed E-state index contributed by atoms with van der Waals surface area (Å²) >= 11 is 0. The summed E-state index contributed by atoms with van der Waals surface area (Å²) in [5.41, 5.74) is 1.34. The minimum absolute atomic E-state index is 0.321. The summed E-state index contributed by atoms with van der Waals surface area (Å²) in [6, 6.07) is 0. The Kier molecular flexibility index (Phi) is 3.71. The smallest absolute Gasteiger partial charge is 0.410 e. The lowest BCUT2D eigenvalue weighted by atomic mass is 10.2. The predicted octanol–water partition coefficient (Wildman–Crippen LogP) is 1.87. The molecule has 2 heterocycles. The third kappa shape index (κ3) is 3.41. The molecule has 0 N–H and O–H groups in total. The normalized spacial score (nSPS) is 14.4. The maximum atomic E-state index is 12.0. The molecule has 0 bridgehead atoms. The summed E-state index contributed by atoms with van der Waals surface area (Å²) in [5, 5.41) is 0. The molecule has 0 aromatic carbocycles. The molecular formula is C13H19N3O3. The van der Waals surface area contributed by atoms with Gasteiger partial charge in [-0.25, -0.2) is 14.8 Å². The van der Waals surface area contributed by atoms with Crippen molar-refractivity contribution in [1.29, 1.82) is 0 Å². The van der Waals surface area contributed by atoms with Gasteiger partial charge in [0, 0.05) is 18.9 Å². The zero-order chi connectivity index (χ0) is 14.0. The van der Waals surface area contributed by atoms with Gasteiger partial charge in [0.05, 0.1) is 18.8 Å². The standard InChI is InChI=1S/C13H19N3O3/c1-13(2,3)19-12(17)16-6-9-5-14-11(8-18-4)15-10(9)7-16/h5H,6-8H2,1-4H3. The average molecular weight is 265 g/mol. The van der Waals surface area contributed by atoms with Gasteiger partial charge in [-0.15, -0.1) is 0 Å². The fourth-order valence-corrected chi connectivity index (χ4v) is 1.85. The molecule has 0 radical (unpaired) electrons.